The fourth-order valence-electron chi connectivity index (χ4n) is 3.28. The Morgan fingerprint density at radius 1 is 1.36 bits per heavy atom. The van der Waals surface area contributed by atoms with E-state index in [0.717, 1.165) is 25.3 Å². The fourth-order valence-corrected chi connectivity index (χ4v) is 3.28. The van der Waals surface area contributed by atoms with Crippen LogP contribution in [-0.4, -0.2) is 41.1 Å². The molecule has 1 saturated heterocycles. The van der Waals surface area contributed by atoms with Crippen molar-refractivity contribution >= 4 is 5.91 Å². The first-order chi connectivity index (χ1) is 10.4. The predicted molar refractivity (Wildman–Crippen MR) is 72.4 cm³/mol. The molecule has 0 radical (unpaired) electrons. The number of ether oxygens (including phenoxy) is 1. The minimum atomic E-state index is -4.50. The van der Waals surface area contributed by atoms with Gasteiger partial charge in [-0.15, -0.1) is 0 Å². The zero-order valence-electron chi connectivity index (χ0n) is 12.2. The van der Waals surface area contributed by atoms with Crippen LogP contribution in [0.25, 0.3) is 0 Å². The quantitative estimate of drug-likeness (QED) is 0.800. The average Bonchev–Trinajstić information content (AvgIpc) is 2.93. The molecule has 0 unspecified atom stereocenters. The number of pyridine rings is 1. The second-order valence-electron chi connectivity index (χ2n) is 5.73. The number of aromatic nitrogens is 1. The SMILES string of the molecule is Cc1nc(C(F)(F)F)ccc1C(=O)N1CCO[C@@H]2CCC[C@H]21. The molecular formula is C15H17F3N2O2. The molecular weight excluding hydrogens is 297 g/mol. The van der Waals surface area contributed by atoms with Crippen molar-refractivity contribution < 1.29 is 22.7 Å². The highest BCUT2D eigenvalue weighted by Crippen LogP contribution is 2.32. The van der Waals surface area contributed by atoms with E-state index in [1.165, 1.54) is 13.0 Å². The maximum absolute atomic E-state index is 12.7. The van der Waals surface area contributed by atoms with Gasteiger partial charge in [0.2, 0.25) is 0 Å². The Morgan fingerprint density at radius 2 is 2.14 bits per heavy atom. The topological polar surface area (TPSA) is 42.4 Å². The number of hydrogen-bond acceptors (Lipinski definition) is 3. The van der Waals surface area contributed by atoms with Gasteiger partial charge in [0.05, 0.1) is 30.0 Å². The van der Waals surface area contributed by atoms with E-state index in [4.69, 9.17) is 4.74 Å². The normalized spacial score (nSPS) is 25.2. The number of nitrogens with zero attached hydrogens (tertiary/aromatic N) is 2. The molecule has 4 nitrogen and oxygen atoms in total. The summed E-state index contributed by atoms with van der Waals surface area (Å²) in [7, 11) is 0. The number of aryl methyl sites for hydroxylation is 1. The monoisotopic (exact) mass is 314 g/mol. The van der Waals surface area contributed by atoms with E-state index < -0.39 is 11.9 Å². The molecule has 0 spiro atoms. The van der Waals surface area contributed by atoms with Crippen molar-refractivity contribution in [2.75, 3.05) is 13.2 Å². The van der Waals surface area contributed by atoms with Gasteiger partial charge in [-0.2, -0.15) is 13.2 Å². The van der Waals surface area contributed by atoms with E-state index in [1.54, 1.807) is 4.90 Å². The zero-order valence-corrected chi connectivity index (χ0v) is 12.2. The van der Waals surface area contributed by atoms with Gasteiger partial charge in [0, 0.05) is 6.54 Å². The predicted octanol–water partition coefficient (Wildman–Crippen LogP) is 2.80. The van der Waals surface area contributed by atoms with Crippen LogP contribution in [-0.2, 0) is 10.9 Å². The number of carbonyl (C=O) groups excluding carboxylic acids is 1. The van der Waals surface area contributed by atoms with E-state index in [0.29, 0.717) is 13.2 Å². The van der Waals surface area contributed by atoms with Gasteiger partial charge in [-0.05, 0) is 38.3 Å². The Balaban J connectivity index is 1.86. The number of hydrogen-bond donors (Lipinski definition) is 0. The summed E-state index contributed by atoms with van der Waals surface area (Å²) in [5.74, 6) is -0.251. The third kappa shape index (κ3) is 2.69. The van der Waals surface area contributed by atoms with Gasteiger partial charge in [0.25, 0.3) is 5.91 Å². The van der Waals surface area contributed by atoms with Crippen molar-refractivity contribution in [3.8, 4) is 0 Å². The van der Waals surface area contributed by atoms with Gasteiger partial charge in [0.1, 0.15) is 5.69 Å². The average molecular weight is 314 g/mol. The minimum Gasteiger partial charge on any atom is -0.374 e. The second kappa shape index (κ2) is 5.53. The number of fused-ring (bicyclic) bond motifs is 1. The molecule has 3 rings (SSSR count). The molecule has 0 aromatic carbocycles. The van der Waals surface area contributed by atoms with Gasteiger partial charge in [-0.3, -0.25) is 4.79 Å². The molecule has 1 aromatic rings. The lowest BCUT2D eigenvalue weighted by atomic mass is 10.1. The Morgan fingerprint density at radius 3 is 2.82 bits per heavy atom. The molecule has 2 heterocycles. The van der Waals surface area contributed by atoms with E-state index >= 15 is 0 Å². The molecule has 0 bridgehead atoms. The first kappa shape index (κ1) is 15.3. The summed E-state index contributed by atoms with van der Waals surface area (Å²) in [6, 6.07) is 2.13. The highest BCUT2D eigenvalue weighted by molar-refractivity contribution is 5.95. The summed E-state index contributed by atoms with van der Waals surface area (Å²) in [6.07, 6.45) is -1.63. The maximum atomic E-state index is 12.7. The Kier molecular flexibility index (Phi) is 3.84. The van der Waals surface area contributed by atoms with E-state index in [9.17, 15) is 18.0 Å². The lowest BCUT2D eigenvalue weighted by Gasteiger charge is -2.37. The smallest absolute Gasteiger partial charge is 0.374 e. The molecule has 1 aliphatic carbocycles. The van der Waals surface area contributed by atoms with Gasteiger partial charge in [0.15, 0.2) is 0 Å². The van der Waals surface area contributed by atoms with E-state index in [1.807, 2.05) is 0 Å². The first-order valence-electron chi connectivity index (χ1n) is 7.35. The highest BCUT2D eigenvalue weighted by atomic mass is 19.4. The summed E-state index contributed by atoms with van der Waals surface area (Å²) in [6.45, 7) is 2.38. The molecule has 1 aromatic heterocycles. The van der Waals surface area contributed by atoms with E-state index in [-0.39, 0.29) is 29.3 Å². The molecule has 1 aliphatic heterocycles. The number of morpholine rings is 1. The maximum Gasteiger partial charge on any atom is 0.433 e. The third-order valence-corrected chi connectivity index (χ3v) is 4.35. The van der Waals surface area contributed by atoms with Gasteiger partial charge >= 0.3 is 6.18 Å². The van der Waals surface area contributed by atoms with Crippen molar-refractivity contribution in [2.45, 2.75) is 44.5 Å². The van der Waals surface area contributed by atoms with Crippen molar-refractivity contribution in [1.82, 2.24) is 9.88 Å². The summed E-state index contributed by atoms with van der Waals surface area (Å²) >= 11 is 0. The van der Waals surface area contributed by atoms with Crippen LogP contribution >= 0.6 is 0 Å². The summed E-state index contributed by atoms with van der Waals surface area (Å²) in [5.41, 5.74) is -0.622. The van der Waals surface area contributed by atoms with Crippen LogP contribution < -0.4 is 0 Å². The summed E-state index contributed by atoms with van der Waals surface area (Å²) in [4.78, 5) is 17.9. The van der Waals surface area contributed by atoms with E-state index in [2.05, 4.69) is 4.98 Å². The first-order valence-corrected chi connectivity index (χ1v) is 7.35. The van der Waals surface area contributed by atoms with Crippen LogP contribution in [0.3, 0.4) is 0 Å². The summed E-state index contributed by atoms with van der Waals surface area (Å²) in [5, 5.41) is 0. The lowest BCUT2D eigenvalue weighted by Crippen LogP contribution is -2.51. The standard InChI is InChI=1S/C15H17F3N2O2/c1-9-10(5-6-13(19-9)15(16,17)18)14(21)20-7-8-22-12-4-2-3-11(12)20/h5-6,11-12H,2-4,7-8H2,1H3/t11-,12-/m1/s1. The Labute approximate surface area is 126 Å². The molecule has 7 heteroatoms. The molecule has 1 amide bonds. The van der Waals surface area contributed by atoms with Crippen LogP contribution in [0.15, 0.2) is 12.1 Å². The van der Waals surface area contributed by atoms with Crippen molar-refractivity contribution in [2.24, 2.45) is 0 Å². The molecule has 2 aliphatic rings. The largest absolute Gasteiger partial charge is 0.433 e. The second-order valence-corrected chi connectivity index (χ2v) is 5.73. The third-order valence-electron chi connectivity index (χ3n) is 4.35. The number of amides is 1. The lowest BCUT2D eigenvalue weighted by molar-refractivity contribution is -0.141. The molecule has 2 atom stereocenters. The van der Waals surface area contributed by atoms with Crippen LogP contribution in [0.1, 0.15) is 41.0 Å². The molecule has 1 saturated carbocycles. The number of alkyl halides is 3. The number of carbonyl (C=O) groups is 1. The Hall–Kier alpha value is -1.63. The summed E-state index contributed by atoms with van der Waals surface area (Å²) < 4.78 is 43.6. The molecule has 120 valence electrons. The van der Waals surface area contributed by atoms with Crippen molar-refractivity contribution in [1.29, 1.82) is 0 Å². The Bertz CT molecular complexity index is 589. The van der Waals surface area contributed by atoms with Crippen LogP contribution in [0.2, 0.25) is 0 Å². The van der Waals surface area contributed by atoms with Crippen LogP contribution in [0, 0.1) is 6.92 Å². The molecule has 22 heavy (non-hydrogen) atoms. The van der Waals surface area contributed by atoms with Crippen LogP contribution in [0.5, 0.6) is 0 Å². The minimum absolute atomic E-state index is 0.0305. The highest BCUT2D eigenvalue weighted by Gasteiger charge is 2.39. The number of rotatable bonds is 1. The number of halogens is 3. The van der Waals surface area contributed by atoms with Gasteiger partial charge < -0.3 is 9.64 Å². The molecule has 0 N–H and O–H groups in total. The van der Waals surface area contributed by atoms with Crippen LogP contribution in [0.4, 0.5) is 13.2 Å². The van der Waals surface area contributed by atoms with Gasteiger partial charge in [-0.1, -0.05) is 0 Å². The van der Waals surface area contributed by atoms with Crippen molar-refractivity contribution in [3.05, 3.63) is 29.1 Å². The van der Waals surface area contributed by atoms with Crippen molar-refractivity contribution in [3.63, 3.8) is 0 Å². The van der Waals surface area contributed by atoms with Gasteiger partial charge in [-0.25, -0.2) is 4.98 Å². The zero-order chi connectivity index (χ0) is 15.9. The fraction of sp³-hybridized carbons (Fsp3) is 0.600. The molecule has 2 fully saturated rings.